The van der Waals surface area contributed by atoms with Crippen molar-refractivity contribution in [3.63, 3.8) is 0 Å². The van der Waals surface area contributed by atoms with Crippen molar-refractivity contribution in [3.05, 3.63) is 47.6 Å². The van der Waals surface area contributed by atoms with Crippen LogP contribution in [0.1, 0.15) is 17.0 Å². The zero-order valence-electron chi connectivity index (χ0n) is 16.1. The highest BCUT2D eigenvalue weighted by atomic mass is 32.7. The first-order valence-electron chi connectivity index (χ1n) is 9.05. The van der Waals surface area contributed by atoms with Gasteiger partial charge >= 0.3 is 6.80 Å². The second-order valence-electron chi connectivity index (χ2n) is 7.27. The summed E-state index contributed by atoms with van der Waals surface area (Å²) in [5.41, 5.74) is 5.67. The Morgan fingerprint density at radius 2 is 1.97 bits per heavy atom. The lowest BCUT2D eigenvalue weighted by atomic mass is 9.96. The van der Waals surface area contributed by atoms with E-state index in [-0.39, 0.29) is 5.75 Å². The Balaban J connectivity index is 1.85. The van der Waals surface area contributed by atoms with E-state index in [1.54, 1.807) is 0 Å². The zero-order chi connectivity index (χ0) is 20.5. The topological polar surface area (TPSA) is 103 Å². The van der Waals surface area contributed by atoms with E-state index in [9.17, 15) is 4.57 Å². The molecule has 0 saturated carbocycles. The maximum Gasteiger partial charge on any atom is 0.384 e. The van der Waals surface area contributed by atoms with Gasteiger partial charge in [-0.3, -0.25) is 0 Å². The van der Waals surface area contributed by atoms with Gasteiger partial charge in [0.2, 0.25) is 5.89 Å². The van der Waals surface area contributed by atoms with Gasteiger partial charge in [-0.05, 0) is 53.9 Å². The van der Waals surface area contributed by atoms with Gasteiger partial charge in [0.1, 0.15) is 12.6 Å². The van der Waals surface area contributed by atoms with Crippen LogP contribution in [0.5, 0.6) is 0 Å². The predicted molar refractivity (Wildman–Crippen MR) is 115 cm³/mol. The zero-order valence-corrected chi connectivity index (χ0v) is 17.8. The molecule has 0 bridgehead atoms. The molecule has 3 N–H and O–H groups in total. The fourth-order valence-corrected chi connectivity index (χ4v) is 5.31. The largest absolute Gasteiger partial charge is 0.440 e. The average Bonchev–Trinajstić information content (AvgIpc) is 3.24. The molecule has 3 aromatic heterocycles. The quantitative estimate of drug-likeness (QED) is 0.291. The Labute approximate surface area is 169 Å². The fraction of sp³-hybridized carbons (Fsp3) is 0.200. The molecule has 9 heteroatoms. The van der Waals surface area contributed by atoms with Gasteiger partial charge in [0.05, 0.1) is 11.3 Å². The highest BCUT2D eigenvalue weighted by Gasteiger charge is 2.21. The monoisotopic (exact) mass is 428 g/mol. The number of aromatic amines is 1. The molecular weight excluding hydrogens is 409 g/mol. The molecule has 0 radical (unpaired) electrons. The summed E-state index contributed by atoms with van der Waals surface area (Å²) >= 11 is 0.522. The third-order valence-electron chi connectivity index (χ3n) is 5.38. The van der Waals surface area contributed by atoms with E-state index in [0.717, 1.165) is 27.4 Å². The number of H-pyrrole nitrogens is 1. The van der Waals surface area contributed by atoms with Crippen LogP contribution in [0.25, 0.3) is 43.7 Å². The van der Waals surface area contributed by atoms with Crippen molar-refractivity contribution >= 4 is 61.9 Å². The molecule has 0 unspecified atom stereocenters. The lowest BCUT2D eigenvalue weighted by Crippen LogP contribution is -2.26. The third-order valence-corrected chi connectivity index (χ3v) is 7.49. The first-order valence-corrected chi connectivity index (χ1v) is 12.3. The Bertz CT molecular complexity index is 1500. The first-order chi connectivity index (χ1) is 13.7. The Morgan fingerprint density at radius 1 is 1.17 bits per heavy atom. The van der Waals surface area contributed by atoms with Crippen molar-refractivity contribution in [2.24, 2.45) is 7.05 Å². The van der Waals surface area contributed by atoms with E-state index in [1.807, 2.05) is 29.9 Å². The van der Waals surface area contributed by atoms with Crippen LogP contribution >= 0.6 is 18.2 Å². The number of hydrogen-bond acceptors (Lipinski definition) is 4. The van der Waals surface area contributed by atoms with Crippen molar-refractivity contribution in [2.75, 3.05) is 0 Å². The Kier molecular flexibility index (Phi) is 4.05. The van der Waals surface area contributed by atoms with Gasteiger partial charge < -0.3 is 19.2 Å². The molecule has 148 valence electrons. The molecule has 5 rings (SSSR count). The van der Waals surface area contributed by atoms with Crippen LogP contribution in [-0.4, -0.2) is 19.8 Å². The van der Waals surface area contributed by atoms with E-state index in [1.165, 1.54) is 16.3 Å². The summed E-state index contributed by atoms with van der Waals surface area (Å²) < 4.78 is 19.0. The lowest BCUT2D eigenvalue weighted by Gasteiger charge is -2.07. The van der Waals surface area contributed by atoms with Gasteiger partial charge in [-0.2, -0.15) is 0 Å². The Morgan fingerprint density at radius 3 is 2.72 bits per heavy atom. The van der Waals surface area contributed by atoms with E-state index in [4.69, 9.17) is 14.2 Å². The molecular formula is C20H19N3O4PS+. The Hall–Kier alpha value is -2.38. The smallest absolute Gasteiger partial charge is 0.384 e. The van der Waals surface area contributed by atoms with Crippen molar-refractivity contribution in [1.29, 1.82) is 0 Å². The normalized spacial score (nSPS) is 12.7. The van der Waals surface area contributed by atoms with Crippen LogP contribution in [-0.2, 0) is 17.4 Å². The first kappa shape index (κ1) is 18.6. The summed E-state index contributed by atoms with van der Waals surface area (Å²) in [4.78, 5) is 26.4. The number of hydrogen-bond donors (Lipinski definition) is 3. The highest BCUT2D eigenvalue weighted by molar-refractivity contribution is 8.54. The minimum Gasteiger partial charge on any atom is -0.440 e. The van der Waals surface area contributed by atoms with Gasteiger partial charge in [-0.15, -0.1) is 0 Å². The predicted octanol–water partition coefficient (Wildman–Crippen LogP) is 4.38. The van der Waals surface area contributed by atoms with E-state index < -0.39 is 6.80 Å². The summed E-state index contributed by atoms with van der Waals surface area (Å²) in [6.45, 7) is 0.0366. The van der Waals surface area contributed by atoms with Gasteiger partial charge in [0.25, 0.3) is 0 Å². The summed E-state index contributed by atoms with van der Waals surface area (Å²) in [5.74, 6) is 0.316. The lowest BCUT2D eigenvalue weighted by molar-refractivity contribution is -0.670. The SMILES string of the molecule is Cc1c2cc[n+](C)cc2c(C)c2c1[nH]c1ccc3oc(CSP(=O)(O)O)nc3c12. The van der Waals surface area contributed by atoms with Crippen LogP contribution < -0.4 is 4.57 Å². The molecule has 29 heavy (non-hydrogen) atoms. The van der Waals surface area contributed by atoms with Crippen molar-refractivity contribution < 1.29 is 23.3 Å². The van der Waals surface area contributed by atoms with Gasteiger partial charge in [-0.1, -0.05) is 0 Å². The number of oxazole rings is 1. The molecule has 0 aliphatic carbocycles. The van der Waals surface area contributed by atoms with Crippen LogP contribution in [0, 0.1) is 13.8 Å². The molecule has 0 aliphatic rings. The number of aryl methyl sites for hydroxylation is 3. The summed E-state index contributed by atoms with van der Waals surface area (Å²) in [7, 11) is 2.01. The number of nitrogens with one attached hydrogen (secondary N) is 1. The highest BCUT2D eigenvalue weighted by Crippen LogP contribution is 2.51. The van der Waals surface area contributed by atoms with Crippen molar-refractivity contribution in [1.82, 2.24) is 9.97 Å². The van der Waals surface area contributed by atoms with Gasteiger partial charge in [0.15, 0.2) is 18.0 Å². The van der Waals surface area contributed by atoms with Crippen LogP contribution in [0.4, 0.5) is 0 Å². The van der Waals surface area contributed by atoms with E-state index in [2.05, 4.69) is 36.1 Å². The van der Waals surface area contributed by atoms with E-state index in [0.29, 0.717) is 28.4 Å². The molecule has 5 aromatic rings. The molecule has 0 saturated heterocycles. The molecule has 7 nitrogen and oxygen atoms in total. The molecule has 0 spiro atoms. The van der Waals surface area contributed by atoms with Gasteiger partial charge in [0, 0.05) is 27.7 Å². The number of aromatic nitrogens is 3. The molecule has 2 aromatic carbocycles. The molecule has 3 heterocycles. The number of fused-ring (bicyclic) bond motifs is 6. The molecule has 0 aliphatic heterocycles. The second-order valence-corrected chi connectivity index (χ2v) is 11.0. The minimum atomic E-state index is -4.19. The van der Waals surface area contributed by atoms with Crippen LogP contribution in [0.3, 0.4) is 0 Å². The average molecular weight is 428 g/mol. The van der Waals surface area contributed by atoms with Crippen molar-refractivity contribution in [3.8, 4) is 0 Å². The third kappa shape index (κ3) is 2.95. The minimum absolute atomic E-state index is 0.0135. The molecule has 0 fully saturated rings. The number of benzene rings is 2. The maximum absolute atomic E-state index is 11.2. The van der Waals surface area contributed by atoms with Gasteiger partial charge in [-0.25, -0.2) is 14.1 Å². The molecule has 0 atom stereocenters. The summed E-state index contributed by atoms with van der Waals surface area (Å²) in [6.07, 6.45) is 4.17. The van der Waals surface area contributed by atoms with Crippen molar-refractivity contribution in [2.45, 2.75) is 19.6 Å². The standard InChI is InChI=1S/C20H18N3O4PS/c1-10-13-8-23(3)7-6-12(13)11(2)19-17(10)18-14(21-19)4-5-15-20(18)22-16(27-15)9-29-28(24,25)26/h4-8H,9H2,1-3H3,(H2,24,25,26)/p+1. The van der Waals surface area contributed by atoms with Crippen LogP contribution in [0.2, 0.25) is 0 Å². The summed E-state index contributed by atoms with van der Waals surface area (Å²) in [6, 6.07) is 5.94. The van der Waals surface area contributed by atoms with E-state index >= 15 is 0 Å². The van der Waals surface area contributed by atoms with Crippen LogP contribution in [0.15, 0.2) is 35.0 Å². The maximum atomic E-state index is 11.2. The number of rotatable bonds is 3. The summed E-state index contributed by atoms with van der Waals surface area (Å²) in [5, 5.41) is 4.46. The number of nitrogens with zero attached hydrogens (tertiary/aromatic N) is 2. The second kappa shape index (κ2) is 6.31. The fourth-order valence-electron chi connectivity index (χ4n) is 4.07. The molecule has 0 amide bonds. The number of pyridine rings is 1.